The van der Waals surface area contributed by atoms with Gasteiger partial charge in [-0.05, 0) is 79.9 Å². The lowest BCUT2D eigenvalue weighted by atomic mass is 9.95. The number of aliphatic hydroxyl groups excluding tert-OH is 1. The number of aromatic nitrogens is 3. The van der Waals surface area contributed by atoms with E-state index >= 15 is 0 Å². The van der Waals surface area contributed by atoms with Gasteiger partial charge in [-0.15, -0.1) is 5.10 Å². The number of hydrogen-bond donors (Lipinski definition) is 2. The first-order valence-corrected chi connectivity index (χ1v) is 11.1. The van der Waals surface area contributed by atoms with Crippen LogP contribution in [0.3, 0.4) is 0 Å². The van der Waals surface area contributed by atoms with Crippen LogP contribution in [0.15, 0.2) is 60.8 Å². The van der Waals surface area contributed by atoms with E-state index in [0.717, 1.165) is 33.8 Å². The number of hydrogen-bond acceptors (Lipinski definition) is 5. The van der Waals surface area contributed by atoms with Gasteiger partial charge in [-0.3, -0.25) is 4.79 Å². The van der Waals surface area contributed by atoms with E-state index in [-0.39, 0.29) is 12.4 Å². The Hall–Kier alpha value is -3.48. The van der Waals surface area contributed by atoms with Gasteiger partial charge in [0.2, 0.25) is 0 Å². The third-order valence-corrected chi connectivity index (χ3v) is 6.07. The van der Waals surface area contributed by atoms with E-state index in [9.17, 15) is 4.79 Å². The van der Waals surface area contributed by atoms with Crippen LogP contribution in [-0.2, 0) is 6.42 Å². The average Bonchev–Trinajstić information content (AvgIpc) is 3.26. The van der Waals surface area contributed by atoms with Gasteiger partial charge in [0, 0.05) is 40.6 Å². The predicted molar refractivity (Wildman–Crippen MR) is 131 cm³/mol. The van der Waals surface area contributed by atoms with Gasteiger partial charge in [0.15, 0.2) is 5.78 Å². The summed E-state index contributed by atoms with van der Waals surface area (Å²) < 4.78 is 1.62. The molecule has 0 saturated heterocycles. The number of nitrogens with one attached hydrogen (secondary N) is 1. The Balaban J connectivity index is 1.61. The Bertz CT molecular complexity index is 1330. The molecule has 33 heavy (non-hydrogen) atoms. The van der Waals surface area contributed by atoms with Crippen molar-refractivity contribution in [3.8, 4) is 5.69 Å². The highest BCUT2D eigenvalue weighted by molar-refractivity contribution is 6.31. The van der Waals surface area contributed by atoms with Crippen LogP contribution in [-0.4, -0.2) is 32.5 Å². The molecule has 6 nitrogen and oxygen atoms in total. The summed E-state index contributed by atoms with van der Waals surface area (Å²) in [6, 6.07) is 17.1. The van der Waals surface area contributed by atoms with Gasteiger partial charge in [-0.2, -0.15) is 0 Å². The maximum absolute atomic E-state index is 13.4. The molecule has 2 N–H and O–H groups in total. The smallest absolute Gasteiger partial charge is 0.193 e. The fourth-order valence-electron chi connectivity index (χ4n) is 3.69. The van der Waals surface area contributed by atoms with Crippen LogP contribution in [0.25, 0.3) is 5.69 Å². The summed E-state index contributed by atoms with van der Waals surface area (Å²) in [6.45, 7) is 5.83. The van der Waals surface area contributed by atoms with Crippen LogP contribution in [0, 0.1) is 20.8 Å². The van der Waals surface area contributed by atoms with Crippen molar-refractivity contribution in [2.24, 2.45) is 0 Å². The zero-order valence-corrected chi connectivity index (χ0v) is 19.5. The number of aliphatic hydroxyl groups is 1. The Kier molecular flexibility index (Phi) is 6.58. The first-order chi connectivity index (χ1) is 15.9. The van der Waals surface area contributed by atoms with Gasteiger partial charge in [0.25, 0.3) is 0 Å². The van der Waals surface area contributed by atoms with Crippen LogP contribution in [0.2, 0.25) is 5.02 Å². The summed E-state index contributed by atoms with van der Waals surface area (Å²) >= 11 is 6.23. The van der Waals surface area contributed by atoms with Gasteiger partial charge in [0.1, 0.15) is 0 Å². The second kappa shape index (κ2) is 9.57. The molecule has 0 radical (unpaired) electrons. The molecule has 4 rings (SSSR count). The van der Waals surface area contributed by atoms with E-state index in [4.69, 9.17) is 16.7 Å². The minimum Gasteiger partial charge on any atom is -0.396 e. The Morgan fingerprint density at radius 1 is 1.03 bits per heavy atom. The fourth-order valence-corrected chi connectivity index (χ4v) is 3.87. The SMILES string of the molecule is Cc1cc(Nc2cccc(Cl)c2C)ccc1C(=O)c1cc(-n2cc(CCO)nn2)ccc1C. The summed E-state index contributed by atoms with van der Waals surface area (Å²) in [6.07, 6.45) is 2.20. The quantitative estimate of drug-likeness (QED) is 0.363. The molecule has 0 unspecified atom stereocenters. The molecule has 4 aromatic rings. The van der Waals surface area contributed by atoms with Gasteiger partial charge < -0.3 is 10.4 Å². The lowest BCUT2D eigenvalue weighted by molar-refractivity contribution is 0.103. The molecule has 0 saturated carbocycles. The fraction of sp³-hybridized carbons (Fsp3) is 0.192. The summed E-state index contributed by atoms with van der Waals surface area (Å²) in [5.41, 5.74) is 7.24. The number of carbonyl (C=O) groups is 1. The van der Waals surface area contributed by atoms with Gasteiger partial charge in [0.05, 0.1) is 17.6 Å². The largest absolute Gasteiger partial charge is 0.396 e. The second-order valence-corrected chi connectivity index (χ2v) is 8.43. The molecule has 168 valence electrons. The third kappa shape index (κ3) is 4.82. The molecule has 0 atom stereocenters. The highest BCUT2D eigenvalue weighted by atomic mass is 35.5. The first-order valence-electron chi connectivity index (χ1n) is 10.7. The summed E-state index contributed by atoms with van der Waals surface area (Å²) in [7, 11) is 0. The minimum atomic E-state index is -0.0481. The molecule has 0 fully saturated rings. The number of halogens is 1. The molecular weight excluding hydrogens is 436 g/mol. The van der Waals surface area contributed by atoms with Gasteiger partial charge in [-0.1, -0.05) is 28.9 Å². The third-order valence-electron chi connectivity index (χ3n) is 5.66. The zero-order chi connectivity index (χ0) is 23.5. The number of aryl methyl sites for hydroxylation is 2. The molecule has 0 aliphatic carbocycles. The number of carbonyl (C=O) groups excluding carboxylic acids is 1. The van der Waals surface area contributed by atoms with Crippen molar-refractivity contribution >= 4 is 28.8 Å². The average molecular weight is 461 g/mol. The molecular formula is C26H25ClN4O2. The molecule has 0 spiro atoms. The normalized spacial score (nSPS) is 10.9. The molecule has 0 bridgehead atoms. The lowest BCUT2D eigenvalue weighted by Crippen LogP contribution is -2.08. The molecule has 0 aliphatic rings. The Morgan fingerprint density at radius 2 is 1.85 bits per heavy atom. The molecule has 1 heterocycles. The number of benzene rings is 3. The second-order valence-electron chi connectivity index (χ2n) is 8.02. The van der Waals surface area contributed by atoms with Gasteiger partial charge in [-0.25, -0.2) is 4.68 Å². The summed E-state index contributed by atoms with van der Waals surface area (Å²) in [5, 5.41) is 21.4. The highest BCUT2D eigenvalue weighted by Gasteiger charge is 2.16. The van der Waals surface area contributed by atoms with E-state index in [2.05, 4.69) is 15.6 Å². The van der Waals surface area contributed by atoms with Crippen LogP contribution in [0.4, 0.5) is 11.4 Å². The number of ketones is 1. The van der Waals surface area contributed by atoms with Crippen LogP contribution < -0.4 is 5.32 Å². The molecule has 7 heteroatoms. The monoisotopic (exact) mass is 460 g/mol. The maximum Gasteiger partial charge on any atom is 0.193 e. The van der Waals surface area contributed by atoms with E-state index in [1.165, 1.54) is 0 Å². The van der Waals surface area contributed by atoms with Crippen molar-refractivity contribution in [3.63, 3.8) is 0 Å². The molecule has 3 aromatic carbocycles. The first kappa shape index (κ1) is 22.7. The number of rotatable bonds is 7. The van der Waals surface area contributed by atoms with Crippen LogP contribution in [0.1, 0.15) is 38.3 Å². The van der Waals surface area contributed by atoms with Crippen molar-refractivity contribution in [1.82, 2.24) is 15.0 Å². The molecule has 0 aliphatic heterocycles. The van der Waals surface area contributed by atoms with Crippen molar-refractivity contribution in [2.75, 3.05) is 11.9 Å². The Morgan fingerprint density at radius 3 is 2.61 bits per heavy atom. The van der Waals surface area contributed by atoms with Crippen LogP contribution in [0.5, 0.6) is 0 Å². The van der Waals surface area contributed by atoms with Crippen molar-refractivity contribution in [2.45, 2.75) is 27.2 Å². The lowest BCUT2D eigenvalue weighted by Gasteiger charge is -2.14. The van der Waals surface area contributed by atoms with Crippen LogP contribution >= 0.6 is 11.6 Å². The molecule has 0 amide bonds. The number of nitrogens with zero attached hydrogens (tertiary/aromatic N) is 3. The van der Waals surface area contributed by atoms with Gasteiger partial charge >= 0.3 is 0 Å². The van der Waals surface area contributed by atoms with E-state index in [1.807, 2.05) is 75.4 Å². The highest BCUT2D eigenvalue weighted by Crippen LogP contribution is 2.28. The summed E-state index contributed by atoms with van der Waals surface area (Å²) in [4.78, 5) is 13.4. The maximum atomic E-state index is 13.4. The predicted octanol–water partition coefficient (Wildman–Crippen LogP) is 5.36. The van der Waals surface area contributed by atoms with Crippen molar-refractivity contribution in [1.29, 1.82) is 0 Å². The number of anilines is 2. The topological polar surface area (TPSA) is 80.0 Å². The minimum absolute atomic E-state index is 0.0112. The van der Waals surface area contributed by atoms with Crippen molar-refractivity contribution in [3.05, 3.63) is 99.3 Å². The molecule has 1 aromatic heterocycles. The van der Waals surface area contributed by atoms with Crippen molar-refractivity contribution < 1.29 is 9.90 Å². The van der Waals surface area contributed by atoms with E-state index < -0.39 is 0 Å². The zero-order valence-electron chi connectivity index (χ0n) is 18.8. The Labute approximate surface area is 197 Å². The standard InChI is InChI=1S/C26H25ClN4O2/c1-16-7-9-21(31-15-20(11-12-32)29-30-31)14-23(16)26(33)22-10-8-19(13-17(22)2)28-25-6-4-5-24(27)18(25)3/h4-10,13-15,28,32H,11-12H2,1-3H3. The van der Waals surface area contributed by atoms with E-state index in [1.54, 1.807) is 10.9 Å². The summed E-state index contributed by atoms with van der Waals surface area (Å²) in [5.74, 6) is -0.0481. The van der Waals surface area contributed by atoms with E-state index in [0.29, 0.717) is 28.3 Å².